The topological polar surface area (TPSA) is 125 Å². The molecule has 7 nitrogen and oxygen atoms in total. The molecule has 0 radical (unpaired) electrons. The number of carbonyl (C=O) groups excluding carboxylic acids is 1. The number of nitrogens with two attached hydrogens (primary N) is 2. The minimum absolute atomic E-state index is 0.0344. The first-order chi connectivity index (χ1) is 9.33. The highest BCUT2D eigenvalue weighted by Crippen LogP contribution is 2.10. The normalized spacial score (nSPS) is 11.2. The summed E-state index contributed by atoms with van der Waals surface area (Å²) in [4.78, 5) is 10.7. The number of ether oxygens (including phenoxy) is 1. The maximum absolute atomic E-state index is 11.9. The minimum atomic E-state index is -3.63. The standard InChI is InChI=1S/C11H15N3O4S2/c12-10(15)7-18-6-5-14-20(16,17)9-3-1-8(2-4-9)11(13)19/h1-4,14H,5-7H2,(H2,12,15)(H2,13,19). The van der Waals surface area contributed by atoms with Crippen LogP contribution in [0.15, 0.2) is 29.2 Å². The number of hydrogen-bond donors (Lipinski definition) is 3. The lowest BCUT2D eigenvalue weighted by Gasteiger charge is -2.07. The zero-order chi connectivity index (χ0) is 15.2. The summed E-state index contributed by atoms with van der Waals surface area (Å²) in [6, 6.07) is 5.86. The minimum Gasteiger partial charge on any atom is -0.389 e. The number of amides is 1. The van der Waals surface area contributed by atoms with Crippen molar-refractivity contribution < 1.29 is 17.9 Å². The number of sulfonamides is 1. The molecule has 9 heteroatoms. The van der Waals surface area contributed by atoms with Crippen molar-refractivity contribution in [3.05, 3.63) is 29.8 Å². The van der Waals surface area contributed by atoms with Crippen LogP contribution in [0.1, 0.15) is 5.56 Å². The Hall–Kier alpha value is -1.55. The van der Waals surface area contributed by atoms with Gasteiger partial charge in [-0.15, -0.1) is 0 Å². The monoisotopic (exact) mass is 317 g/mol. The van der Waals surface area contributed by atoms with Crippen molar-refractivity contribution in [3.8, 4) is 0 Å². The summed E-state index contributed by atoms with van der Waals surface area (Å²) in [5.41, 5.74) is 10.9. The molecule has 0 unspecified atom stereocenters. The Labute approximate surface area is 122 Å². The molecule has 0 spiro atoms. The van der Waals surface area contributed by atoms with Gasteiger partial charge >= 0.3 is 0 Å². The Morgan fingerprint density at radius 3 is 2.35 bits per heavy atom. The van der Waals surface area contributed by atoms with Gasteiger partial charge in [0.1, 0.15) is 11.6 Å². The first-order valence-corrected chi connectivity index (χ1v) is 7.47. The molecule has 0 aliphatic heterocycles. The van der Waals surface area contributed by atoms with Crippen molar-refractivity contribution in [2.24, 2.45) is 11.5 Å². The van der Waals surface area contributed by atoms with E-state index in [2.05, 4.69) is 4.72 Å². The van der Waals surface area contributed by atoms with Gasteiger partial charge in [-0.1, -0.05) is 24.4 Å². The Morgan fingerprint density at radius 2 is 1.85 bits per heavy atom. The second kappa shape index (κ2) is 7.29. The maximum Gasteiger partial charge on any atom is 0.243 e. The Morgan fingerprint density at radius 1 is 1.25 bits per heavy atom. The summed E-state index contributed by atoms with van der Waals surface area (Å²) < 4.78 is 30.9. The molecule has 0 aliphatic rings. The molecule has 110 valence electrons. The molecule has 1 amide bonds. The third-order valence-corrected chi connectivity index (χ3v) is 3.94. The molecular weight excluding hydrogens is 302 g/mol. The van der Waals surface area contributed by atoms with E-state index in [0.717, 1.165) is 0 Å². The zero-order valence-corrected chi connectivity index (χ0v) is 12.2. The summed E-state index contributed by atoms with van der Waals surface area (Å²) >= 11 is 4.78. The molecule has 0 saturated heterocycles. The lowest BCUT2D eigenvalue weighted by atomic mass is 10.2. The van der Waals surface area contributed by atoms with Crippen LogP contribution in [0.3, 0.4) is 0 Å². The van der Waals surface area contributed by atoms with Crippen LogP contribution in [-0.4, -0.2) is 39.1 Å². The van der Waals surface area contributed by atoms with Crippen molar-refractivity contribution in [3.63, 3.8) is 0 Å². The van der Waals surface area contributed by atoms with Crippen molar-refractivity contribution in [2.45, 2.75) is 4.90 Å². The highest BCUT2D eigenvalue weighted by Gasteiger charge is 2.13. The molecule has 1 rings (SSSR count). The largest absolute Gasteiger partial charge is 0.389 e. The highest BCUT2D eigenvalue weighted by atomic mass is 32.2. The first kappa shape index (κ1) is 16.5. The van der Waals surface area contributed by atoms with E-state index in [4.69, 9.17) is 28.4 Å². The predicted octanol–water partition coefficient (Wildman–Crippen LogP) is -0.899. The summed E-state index contributed by atoms with van der Waals surface area (Å²) in [6.45, 7) is -0.163. The van der Waals surface area contributed by atoms with Crippen LogP contribution in [0, 0.1) is 0 Å². The van der Waals surface area contributed by atoms with Crippen LogP contribution < -0.4 is 16.2 Å². The van der Waals surface area contributed by atoms with Gasteiger partial charge in [-0.05, 0) is 12.1 Å². The van der Waals surface area contributed by atoms with E-state index < -0.39 is 15.9 Å². The number of primary amides is 1. The molecule has 0 aromatic heterocycles. The van der Waals surface area contributed by atoms with E-state index in [0.29, 0.717) is 5.56 Å². The molecule has 20 heavy (non-hydrogen) atoms. The van der Waals surface area contributed by atoms with Gasteiger partial charge in [-0.2, -0.15) is 0 Å². The Balaban J connectivity index is 2.56. The van der Waals surface area contributed by atoms with E-state index in [-0.39, 0.29) is 29.6 Å². The third-order valence-electron chi connectivity index (χ3n) is 2.23. The van der Waals surface area contributed by atoms with Crippen LogP contribution >= 0.6 is 12.2 Å². The molecule has 5 N–H and O–H groups in total. The number of rotatable bonds is 8. The van der Waals surface area contributed by atoms with Crippen LogP contribution in [0.25, 0.3) is 0 Å². The predicted molar refractivity (Wildman–Crippen MR) is 77.5 cm³/mol. The van der Waals surface area contributed by atoms with Crippen molar-refractivity contribution in [1.29, 1.82) is 0 Å². The maximum atomic E-state index is 11.9. The van der Waals surface area contributed by atoms with Crippen molar-refractivity contribution in [2.75, 3.05) is 19.8 Å². The average molecular weight is 317 g/mol. The molecule has 0 bridgehead atoms. The zero-order valence-electron chi connectivity index (χ0n) is 10.5. The van der Waals surface area contributed by atoms with Gasteiger partial charge in [-0.25, -0.2) is 13.1 Å². The second-order valence-corrected chi connectivity index (χ2v) is 6.01. The molecule has 0 aliphatic carbocycles. The fourth-order valence-corrected chi connectivity index (χ4v) is 2.45. The van der Waals surface area contributed by atoms with E-state index in [1.807, 2.05) is 0 Å². The highest BCUT2D eigenvalue weighted by molar-refractivity contribution is 7.89. The summed E-state index contributed by atoms with van der Waals surface area (Å²) in [5.74, 6) is -0.610. The number of hydrogen-bond acceptors (Lipinski definition) is 5. The van der Waals surface area contributed by atoms with E-state index in [1.165, 1.54) is 24.3 Å². The van der Waals surface area contributed by atoms with Gasteiger partial charge < -0.3 is 16.2 Å². The van der Waals surface area contributed by atoms with Crippen LogP contribution in [0.2, 0.25) is 0 Å². The SMILES string of the molecule is NC(=O)COCCNS(=O)(=O)c1ccc(C(N)=S)cc1. The second-order valence-electron chi connectivity index (χ2n) is 3.81. The van der Waals surface area contributed by atoms with Gasteiger partial charge in [0.25, 0.3) is 0 Å². The number of carbonyl (C=O) groups is 1. The van der Waals surface area contributed by atoms with E-state index in [9.17, 15) is 13.2 Å². The first-order valence-electron chi connectivity index (χ1n) is 5.58. The molecular formula is C11H15N3O4S2. The Kier molecular flexibility index (Phi) is 6.02. The van der Waals surface area contributed by atoms with E-state index >= 15 is 0 Å². The summed E-state index contributed by atoms with van der Waals surface area (Å²) in [6.07, 6.45) is 0. The van der Waals surface area contributed by atoms with Gasteiger partial charge in [0.2, 0.25) is 15.9 Å². The number of nitrogens with one attached hydrogen (secondary N) is 1. The molecule has 0 atom stereocenters. The van der Waals surface area contributed by atoms with Crippen molar-refractivity contribution >= 4 is 33.1 Å². The fourth-order valence-electron chi connectivity index (χ4n) is 1.30. The Bertz CT molecular complexity index is 584. The molecule has 0 saturated carbocycles. The quantitative estimate of drug-likeness (QED) is 0.421. The van der Waals surface area contributed by atoms with Crippen molar-refractivity contribution in [1.82, 2.24) is 4.72 Å². The lowest BCUT2D eigenvalue weighted by molar-refractivity contribution is -0.122. The summed E-state index contributed by atoms with van der Waals surface area (Å²) in [5, 5.41) is 0. The molecule has 0 fully saturated rings. The average Bonchev–Trinajstić information content (AvgIpc) is 2.38. The molecule has 1 aromatic rings. The van der Waals surface area contributed by atoms with Crippen LogP contribution in [-0.2, 0) is 19.6 Å². The fraction of sp³-hybridized carbons (Fsp3) is 0.273. The number of thiocarbonyl (C=S) groups is 1. The van der Waals surface area contributed by atoms with Gasteiger partial charge in [0.05, 0.1) is 11.5 Å². The molecule has 0 heterocycles. The summed E-state index contributed by atoms with van der Waals surface area (Å²) in [7, 11) is -3.63. The van der Waals surface area contributed by atoms with Crippen LogP contribution in [0.4, 0.5) is 0 Å². The van der Waals surface area contributed by atoms with Gasteiger partial charge in [0.15, 0.2) is 0 Å². The number of benzene rings is 1. The van der Waals surface area contributed by atoms with E-state index in [1.54, 1.807) is 0 Å². The molecule has 1 aromatic carbocycles. The van der Waals surface area contributed by atoms with Gasteiger partial charge in [-0.3, -0.25) is 4.79 Å². The lowest BCUT2D eigenvalue weighted by Crippen LogP contribution is -2.29. The third kappa shape index (κ3) is 5.21. The van der Waals surface area contributed by atoms with Gasteiger partial charge in [0, 0.05) is 12.1 Å². The smallest absolute Gasteiger partial charge is 0.243 e. The van der Waals surface area contributed by atoms with Crippen LogP contribution in [0.5, 0.6) is 0 Å².